The third kappa shape index (κ3) is 4.29. The highest BCUT2D eigenvalue weighted by Gasteiger charge is 2.36. The molecule has 1 unspecified atom stereocenters. The molecule has 0 spiro atoms. The lowest BCUT2D eigenvalue weighted by atomic mass is 9.95. The zero-order chi connectivity index (χ0) is 18.4. The Morgan fingerprint density at radius 2 is 2.12 bits per heavy atom. The topological polar surface area (TPSA) is 67.9 Å². The number of methoxy groups -OCH3 is 1. The molecule has 1 N–H and O–H groups in total. The van der Waals surface area contributed by atoms with E-state index in [4.69, 9.17) is 9.47 Å². The molecule has 134 valence electrons. The standard InChI is InChI=1S/C18H21BrN2O4/c1-4-9-21-12(2)15(17(22)25-11-10-24-3)16(20-18(21)23)13-7-5-6-8-14(13)19/h4-8,16H,1,9-11H2,2-3H3,(H,20,23). The van der Waals surface area contributed by atoms with Gasteiger partial charge < -0.3 is 14.8 Å². The Morgan fingerprint density at radius 3 is 2.76 bits per heavy atom. The minimum Gasteiger partial charge on any atom is -0.460 e. The number of amides is 2. The second kappa shape index (κ2) is 8.82. The number of carbonyl (C=O) groups is 2. The molecule has 0 saturated carbocycles. The van der Waals surface area contributed by atoms with Gasteiger partial charge in [0, 0.05) is 23.8 Å². The summed E-state index contributed by atoms with van der Waals surface area (Å²) in [7, 11) is 1.54. The number of urea groups is 1. The number of nitrogens with zero attached hydrogens (tertiary/aromatic N) is 1. The lowest BCUT2D eigenvalue weighted by Crippen LogP contribution is -2.48. The van der Waals surface area contributed by atoms with Crippen molar-refractivity contribution in [2.24, 2.45) is 0 Å². The molecular formula is C18H21BrN2O4. The third-order valence-electron chi connectivity index (χ3n) is 3.86. The van der Waals surface area contributed by atoms with E-state index in [1.807, 2.05) is 24.3 Å². The highest BCUT2D eigenvalue weighted by Crippen LogP contribution is 2.34. The number of halogens is 1. The number of rotatable bonds is 7. The van der Waals surface area contributed by atoms with Gasteiger partial charge in [-0.2, -0.15) is 0 Å². The van der Waals surface area contributed by atoms with Crippen molar-refractivity contribution in [3.05, 3.63) is 58.2 Å². The van der Waals surface area contributed by atoms with Crippen LogP contribution in [0, 0.1) is 0 Å². The van der Waals surface area contributed by atoms with Gasteiger partial charge in [-0.1, -0.05) is 40.2 Å². The van der Waals surface area contributed by atoms with Crippen molar-refractivity contribution < 1.29 is 19.1 Å². The van der Waals surface area contributed by atoms with Gasteiger partial charge in [-0.3, -0.25) is 4.90 Å². The van der Waals surface area contributed by atoms with E-state index >= 15 is 0 Å². The van der Waals surface area contributed by atoms with Crippen molar-refractivity contribution in [3.63, 3.8) is 0 Å². The average molecular weight is 409 g/mol. The van der Waals surface area contributed by atoms with Crippen LogP contribution in [0.5, 0.6) is 0 Å². The van der Waals surface area contributed by atoms with E-state index in [0.29, 0.717) is 24.4 Å². The van der Waals surface area contributed by atoms with Crippen molar-refractivity contribution in [1.29, 1.82) is 0 Å². The number of hydrogen-bond donors (Lipinski definition) is 1. The molecule has 2 amide bonds. The van der Waals surface area contributed by atoms with Gasteiger partial charge >= 0.3 is 12.0 Å². The van der Waals surface area contributed by atoms with E-state index in [0.717, 1.165) is 10.0 Å². The minimum atomic E-state index is -0.598. The first kappa shape index (κ1) is 19.2. The first-order valence-corrected chi connectivity index (χ1v) is 8.60. The highest BCUT2D eigenvalue weighted by atomic mass is 79.9. The molecule has 1 atom stereocenters. The van der Waals surface area contributed by atoms with Crippen molar-refractivity contribution in [2.75, 3.05) is 26.9 Å². The Balaban J connectivity index is 2.45. The molecule has 1 aliphatic rings. The summed E-state index contributed by atoms with van der Waals surface area (Å²) in [6.07, 6.45) is 1.61. The van der Waals surface area contributed by atoms with E-state index in [-0.39, 0.29) is 12.6 Å². The Morgan fingerprint density at radius 1 is 1.40 bits per heavy atom. The summed E-state index contributed by atoms with van der Waals surface area (Å²) < 4.78 is 11.0. The molecule has 1 aliphatic heterocycles. The fourth-order valence-corrected chi connectivity index (χ4v) is 3.15. The van der Waals surface area contributed by atoms with Gasteiger partial charge in [-0.05, 0) is 18.6 Å². The molecule has 6 nitrogen and oxygen atoms in total. The van der Waals surface area contributed by atoms with Gasteiger partial charge in [-0.25, -0.2) is 9.59 Å². The van der Waals surface area contributed by atoms with Crippen LogP contribution < -0.4 is 5.32 Å². The van der Waals surface area contributed by atoms with Gasteiger partial charge in [0.2, 0.25) is 0 Å². The van der Waals surface area contributed by atoms with Crippen LogP contribution in [0.1, 0.15) is 18.5 Å². The maximum atomic E-state index is 12.7. The molecule has 0 aromatic heterocycles. The fraction of sp³-hybridized carbons (Fsp3) is 0.333. The van der Waals surface area contributed by atoms with Crippen LogP contribution >= 0.6 is 15.9 Å². The summed E-state index contributed by atoms with van der Waals surface area (Å²) in [5, 5.41) is 2.88. The summed E-state index contributed by atoms with van der Waals surface area (Å²) >= 11 is 3.48. The molecule has 25 heavy (non-hydrogen) atoms. The Bertz CT molecular complexity index is 702. The van der Waals surface area contributed by atoms with E-state index in [1.54, 1.807) is 13.0 Å². The van der Waals surface area contributed by atoms with Crippen molar-refractivity contribution in [2.45, 2.75) is 13.0 Å². The molecule has 0 fully saturated rings. The van der Waals surface area contributed by atoms with Crippen molar-refractivity contribution >= 4 is 27.9 Å². The Kier molecular flexibility index (Phi) is 6.78. The SMILES string of the molecule is C=CCN1C(=O)NC(c2ccccc2Br)C(C(=O)OCCOC)=C1C. The third-order valence-corrected chi connectivity index (χ3v) is 4.59. The van der Waals surface area contributed by atoms with Gasteiger partial charge in [0.15, 0.2) is 0 Å². The van der Waals surface area contributed by atoms with Gasteiger partial charge in [0.25, 0.3) is 0 Å². The zero-order valence-corrected chi connectivity index (χ0v) is 15.8. The minimum absolute atomic E-state index is 0.143. The number of nitrogens with one attached hydrogen (secondary N) is 1. The largest absolute Gasteiger partial charge is 0.460 e. The highest BCUT2D eigenvalue weighted by molar-refractivity contribution is 9.10. The van der Waals surface area contributed by atoms with E-state index in [1.165, 1.54) is 12.0 Å². The van der Waals surface area contributed by atoms with Gasteiger partial charge in [0.05, 0.1) is 18.2 Å². The van der Waals surface area contributed by atoms with E-state index < -0.39 is 12.0 Å². The molecule has 0 saturated heterocycles. The number of allylic oxidation sites excluding steroid dienone is 1. The summed E-state index contributed by atoms with van der Waals surface area (Å²) in [6, 6.07) is 6.56. The molecule has 0 aliphatic carbocycles. The van der Waals surface area contributed by atoms with Gasteiger partial charge in [-0.15, -0.1) is 6.58 Å². The van der Waals surface area contributed by atoms with Crippen molar-refractivity contribution in [3.8, 4) is 0 Å². The molecule has 1 aromatic rings. The second-order valence-corrected chi connectivity index (χ2v) is 6.29. The lowest BCUT2D eigenvalue weighted by Gasteiger charge is -2.35. The first-order chi connectivity index (χ1) is 12.0. The molecule has 0 radical (unpaired) electrons. The Labute approximate surface area is 155 Å². The van der Waals surface area contributed by atoms with Crippen LogP contribution in [0.4, 0.5) is 4.79 Å². The van der Waals surface area contributed by atoms with Crippen LogP contribution in [-0.4, -0.2) is 43.8 Å². The predicted octanol–water partition coefficient (Wildman–Crippen LogP) is 3.17. The van der Waals surface area contributed by atoms with Crippen LogP contribution in [0.15, 0.2) is 52.7 Å². The van der Waals surface area contributed by atoms with Crippen LogP contribution in [0.2, 0.25) is 0 Å². The van der Waals surface area contributed by atoms with Crippen molar-refractivity contribution in [1.82, 2.24) is 10.2 Å². The lowest BCUT2D eigenvalue weighted by molar-refractivity contribution is -0.140. The molecule has 1 heterocycles. The molecule has 2 rings (SSSR count). The normalized spacial score (nSPS) is 17.3. The molecule has 7 heteroatoms. The van der Waals surface area contributed by atoms with Crippen LogP contribution in [0.25, 0.3) is 0 Å². The number of benzene rings is 1. The summed E-state index contributed by atoms with van der Waals surface area (Å²) in [5.74, 6) is -0.482. The average Bonchev–Trinajstić information content (AvgIpc) is 2.58. The molecular weight excluding hydrogens is 388 g/mol. The first-order valence-electron chi connectivity index (χ1n) is 7.81. The second-order valence-electron chi connectivity index (χ2n) is 5.43. The quantitative estimate of drug-likeness (QED) is 0.427. The summed E-state index contributed by atoms with van der Waals surface area (Å²) in [5.41, 5.74) is 1.73. The number of esters is 1. The monoisotopic (exact) mass is 408 g/mol. The van der Waals surface area contributed by atoms with Crippen LogP contribution in [0.3, 0.4) is 0 Å². The van der Waals surface area contributed by atoms with E-state index in [2.05, 4.69) is 27.8 Å². The summed E-state index contributed by atoms with van der Waals surface area (Å²) in [6.45, 7) is 6.15. The van der Waals surface area contributed by atoms with Crippen LogP contribution in [-0.2, 0) is 14.3 Å². The maximum Gasteiger partial charge on any atom is 0.338 e. The maximum absolute atomic E-state index is 12.7. The smallest absolute Gasteiger partial charge is 0.338 e. The number of hydrogen-bond acceptors (Lipinski definition) is 4. The fourth-order valence-electron chi connectivity index (χ4n) is 2.63. The van der Waals surface area contributed by atoms with Gasteiger partial charge in [0.1, 0.15) is 6.61 Å². The summed E-state index contributed by atoms with van der Waals surface area (Å²) in [4.78, 5) is 26.6. The van der Waals surface area contributed by atoms with E-state index in [9.17, 15) is 9.59 Å². The Hall–Kier alpha value is -2.12. The molecule has 1 aromatic carbocycles. The zero-order valence-electron chi connectivity index (χ0n) is 14.3. The molecule has 0 bridgehead atoms. The number of carbonyl (C=O) groups excluding carboxylic acids is 2. The number of ether oxygens (including phenoxy) is 2. The predicted molar refractivity (Wildman–Crippen MR) is 97.9 cm³/mol.